The van der Waals surface area contributed by atoms with E-state index in [1.807, 2.05) is 60.7 Å². The Hall–Kier alpha value is -3.47. The number of benzene rings is 3. The van der Waals surface area contributed by atoms with Crippen LogP contribution in [0.1, 0.15) is 27.5 Å². The predicted molar refractivity (Wildman–Crippen MR) is 108 cm³/mol. The number of hydrogen-bond acceptors (Lipinski definition) is 4. The molecule has 3 aromatic carbocycles. The summed E-state index contributed by atoms with van der Waals surface area (Å²) in [6, 6.07) is 22.6. The Kier molecular flexibility index (Phi) is 6.17. The highest BCUT2D eigenvalue weighted by molar-refractivity contribution is 5.98. The summed E-state index contributed by atoms with van der Waals surface area (Å²) in [6.07, 6.45) is 0. The molecule has 0 saturated carbocycles. The van der Waals surface area contributed by atoms with Crippen molar-refractivity contribution in [2.24, 2.45) is 0 Å². The minimum absolute atomic E-state index is 0.268. The summed E-state index contributed by atoms with van der Waals surface area (Å²) in [5.41, 5.74) is 2.35. The number of hydrogen-bond donors (Lipinski definition) is 1. The fraction of sp³-hybridized carbons (Fsp3) is 0.174. The van der Waals surface area contributed by atoms with Crippen LogP contribution < -0.4 is 19.5 Å². The van der Waals surface area contributed by atoms with Crippen LogP contribution in [0, 0.1) is 0 Å². The first-order valence-corrected chi connectivity index (χ1v) is 8.88. The maximum absolute atomic E-state index is 13.2. The van der Waals surface area contributed by atoms with Crippen molar-refractivity contribution >= 4 is 5.91 Å². The van der Waals surface area contributed by atoms with Gasteiger partial charge in [0, 0.05) is 12.1 Å². The van der Waals surface area contributed by atoms with Gasteiger partial charge in [-0.3, -0.25) is 4.79 Å². The van der Waals surface area contributed by atoms with Crippen molar-refractivity contribution in [1.29, 1.82) is 0 Å². The number of nitrogens with one attached hydrogen (secondary N) is 1. The van der Waals surface area contributed by atoms with E-state index in [-0.39, 0.29) is 11.9 Å². The second-order valence-corrected chi connectivity index (χ2v) is 6.14. The summed E-state index contributed by atoms with van der Waals surface area (Å²) in [7, 11) is 4.59. The van der Waals surface area contributed by atoms with Crippen molar-refractivity contribution in [3.05, 3.63) is 89.5 Å². The Morgan fingerprint density at radius 3 is 1.64 bits per heavy atom. The van der Waals surface area contributed by atoms with E-state index in [0.29, 0.717) is 22.8 Å². The molecular formula is C23H23NO4. The summed E-state index contributed by atoms with van der Waals surface area (Å²) in [5.74, 6) is 1.11. The molecule has 3 aromatic rings. The molecule has 5 heteroatoms. The van der Waals surface area contributed by atoms with Gasteiger partial charge in [0.25, 0.3) is 5.91 Å². The van der Waals surface area contributed by atoms with Crippen LogP contribution in [0.15, 0.2) is 72.8 Å². The minimum Gasteiger partial charge on any atom is -0.496 e. The van der Waals surface area contributed by atoms with Gasteiger partial charge in [0.1, 0.15) is 5.75 Å². The van der Waals surface area contributed by atoms with Crippen molar-refractivity contribution in [3.8, 4) is 17.2 Å². The van der Waals surface area contributed by atoms with Gasteiger partial charge in [-0.1, -0.05) is 60.7 Å². The largest absolute Gasteiger partial charge is 0.496 e. The first kappa shape index (κ1) is 19.3. The van der Waals surface area contributed by atoms with Crippen molar-refractivity contribution in [2.45, 2.75) is 6.04 Å². The molecule has 1 N–H and O–H groups in total. The molecule has 0 spiro atoms. The molecule has 0 aromatic heterocycles. The molecule has 0 aliphatic rings. The first-order chi connectivity index (χ1) is 13.7. The molecule has 0 heterocycles. The molecule has 0 atom stereocenters. The molecule has 0 bridgehead atoms. The second kappa shape index (κ2) is 8.95. The predicted octanol–water partition coefficient (Wildman–Crippen LogP) is 4.23. The third-order valence-corrected chi connectivity index (χ3v) is 4.49. The summed E-state index contributed by atoms with van der Waals surface area (Å²) >= 11 is 0. The number of carbonyl (C=O) groups is 1. The molecular weight excluding hydrogens is 354 g/mol. The zero-order valence-electron chi connectivity index (χ0n) is 16.1. The average Bonchev–Trinajstić information content (AvgIpc) is 2.77. The lowest BCUT2D eigenvalue weighted by atomic mass is 9.98. The van der Waals surface area contributed by atoms with Gasteiger partial charge < -0.3 is 19.5 Å². The topological polar surface area (TPSA) is 56.8 Å². The average molecular weight is 377 g/mol. The Labute approximate surface area is 164 Å². The Morgan fingerprint density at radius 1 is 0.714 bits per heavy atom. The van der Waals surface area contributed by atoms with Crippen molar-refractivity contribution in [3.63, 3.8) is 0 Å². The van der Waals surface area contributed by atoms with Crippen LogP contribution in [-0.2, 0) is 0 Å². The van der Waals surface area contributed by atoms with Crippen LogP contribution in [0.4, 0.5) is 0 Å². The Bertz CT molecular complexity index is 887. The van der Waals surface area contributed by atoms with Crippen LogP contribution in [0.25, 0.3) is 0 Å². The van der Waals surface area contributed by atoms with Crippen LogP contribution in [0.5, 0.6) is 17.2 Å². The molecule has 144 valence electrons. The molecule has 0 aliphatic carbocycles. The zero-order chi connectivity index (χ0) is 19.9. The highest BCUT2D eigenvalue weighted by atomic mass is 16.5. The lowest BCUT2D eigenvalue weighted by molar-refractivity contribution is 0.0939. The van der Waals surface area contributed by atoms with Crippen LogP contribution in [0.3, 0.4) is 0 Å². The van der Waals surface area contributed by atoms with E-state index in [4.69, 9.17) is 14.2 Å². The molecule has 5 nitrogen and oxygen atoms in total. The molecule has 0 saturated heterocycles. The standard InChI is InChI=1S/C23H23NO4/c1-26-19-15-21(28-3)20(27-2)14-18(19)23(25)24-22(16-10-6-4-7-11-16)17-12-8-5-9-13-17/h4-15,22H,1-3H3,(H,24,25). The summed E-state index contributed by atoms with van der Waals surface area (Å²) in [6.45, 7) is 0. The van der Waals surface area contributed by atoms with Crippen LogP contribution in [-0.4, -0.2) is 27.2 Å². The number of rotatable bonds is 7. The molecule has 0 fully saturated rings. The SMILES string of the molecule is COc1cc(OC)c(C(=O)NC(c2ccccc2)c2ccccc2)cc1OC. The van der Waals surface area contributed by atoms with Crippen molar-refractivity contribution in [1.82, 2.24) is 5.32 Å². The van der Waals surface area contributed by atoms with Crippen LogP contribution in [0.2, 0.25) is 0 Å². The number of carbonyl (C=O) groups excluding carboxylic acids is 1. The molecule has 3 rings (SSSR count). The number of methoxy groups -OCH3 is 3. The number of amides is 1. The number of ether oxygens (including phenoxy) is 3. The highest BCUT2D eigenvalue weighted by Gasteiger charge is 2.22. The lowest BCUT2D eigenvalue weighted by Gasteiger charge is -2.21. The molecule has 0 unspecified atom stereocenters. The fourth-order valence-corrected chi connectivity index (χ4v) is 3.07. The lowest BCUT2D eigenvalue weighted by Crippen LogP contribution is -2.29. The third kappa shape index (κ3) is 4.09. The van der Waals surface area contributed by atoms with E-state index in [1.165, 1.54) is 21.3 Å². The monoisotopic (exact) mass is 377 g/mol. The van der Waals surface area contributed by atoms with Gasteiger partial charge in [-0.25, -0.2) is 0 Å². The highest BCUT2D eigenvalue weighted by Crippen LogP contribution is 2.35. The van der Waals surface area contributed by atoms with Gasteiger partial charge in [-0.2, -0.15) is 0 Å². The summed E-state index contributed by atoms with van der Waals surface area (Å²) in [4.78, 5) is 13.2. The quantitative estimate of drug-likeness (QED) is 0.669. The Balaban J connectivity index is 1.99. The third-order valence-electron chi connectivity index (χ3n) is 4.49. The van der Waals surface area contributed by atoms with E-state index in [1.54, 1.807) is 12.1 Å². The first-order valence-electron chi connectivity index (χ1n) is 8.88. The van der Waals surface area contributed by atoms with Gasteiger partial charge in [-0.15, -0.1) is 0 Å². The smallest absolute Gasteiger partial charge is 0.255 e. The minimum atomic E-state index is -0.298. The summed E-state index contributed by atoms with van der Waals surface area (Å²) in [5, 5.41) is 3.11. The van der Waals surface area contributed by atoms with Gasteiger partial charge in [0.2, 0.25) is 0 Å². The van der Waals surface area contributed by atoms with Gasteiger partial charge in [-0.05, 0) is 11.1 Å². The second-order valence-electron chi connectivity index (χ2n) is 6.14. The fourth-order valence-electron chi connectivity index (χ4n) is 3.07. The molecule has 0 aliphatic heterocycles. The van der Waals surface area contributed by atoms with E-state index in [0.717, 1.165) is 11.1 Å². The normalized spacial score (nSPS) is 10.4. The maximum atomic E-state index is 13.2. The maximum Gasteiger partial charge on any atom is 0.255 e. The molecule has 1 amide bonds. The van der Waals surface area contributed by atoms with E-state index >= 15 is 0 Å². The van der Waals surface area contributed by atoms with Gasteiger partial charge >= 0.3 is 0 Å². The van der Waals surface area contributed by atoms with Crippen molar-refractivity contribution < 1.29 is 19.0 Å². The van der Waals surface area contributed by atoms with E-state index in [9.17, 15) is 4.79 Å². The van der Waals surface area contributed by atoms with E-state index in [2.05, 4.69) is 5.32 Å². The van der Waals surface area contributed by atoms with Crippen molar-refractivity contribution in [2.75, 3.05) is 21.3 Å². The molecule has 0 radical (unpaired) electrons. The van der Waals surface area contributed by atoms with Gasteiger partial charge in [0.15, 0.2) is 11.5 Å². The zero-order valence-corrected chi connectivity index (χ0v) is 16.1. The Morgan fingerprint density at radius 2 is 1.18 bits per heavy atom. The van der Waals surface area contributed by atoms with Crippen LogP contribution >= 0.6 is 0 Å². The van der Waals surface area contributed by atoms with E-state index < -0.39 is 0 Å². The van der Waals surface area contributed by atoms with Gasteiger partial charge in [0.05, 0.1) is 32.9 Å². The summed E-state index contributed by atoms with van der Waals surface area (Å²) < 4.78 is 16.0. The molecule has 28 heavy (non-hydrogen) atoms.